The minimum atomic E-state index is -0.922. The molecule has 0 heterocycles. The van der Waals surface area contributed by atoms with Gasteiger partial charge in [-0.3, -0.25) is 0 Å². The largest absolute Gasteiger partial charge is 0.478 e. The van der Waals surface area contributed by atoms with Gasteiger partial charge in [-0.05, 0) is 35.9 Å². The number of hydrogen-bond acceptors (Lipinski definition) is 1. The fraction of sp³-hybridized carbons (Fsp3) is 0. The van der Waals surface area contributed by atoms with E-state index in [9.17, 15) is 4.79 Å². The monoisotopic (exact) mass is 326 g/mol. The lowest BCUT2D eigenvalue weighted by Gasteiger charge is -1.88. The average Bonchev–Trinajstić information content (AvgIpc) is 2.68. The highest BCUT2D eigenvalue weighted by Crippen LogP contribution is 2.00. The van der Waals surface area contributed by atoms with Crippen molar-refractivity contribution in [3.8, 4) is 11.8 Å². The number of benzene rings is 3. The molecule has 0 bridgehead atoms. The Morgan fingerprint density at radius 1 is 0.680 bits per heavy atom. The zero-order valence-corrected chi connectivity index (χ0v) is 13.7. The quantitative estimate of drug-likeness (QED) is 0.539. The molecule has 2 nitrogen and oxygen atoms in total. The van der Waals surface area contributed by atoms with Gasteiger partial charge in [0.2, 0.25) is 0 Å². The zero-order valence-electron chi connectivity index (χ0n) is 13.7. The SMILES string of the molecule is C(#Cc1ccccc1)c1ccccc1.O=C(O)C=Cc1ccccc1. The predicted molar refractivity (Wildman–Crippen MR) is 102 cm³/mol. The van der Waals surface area contributed by atoms with Gasteiger partial charge in [0, 0.05) is 17.2 Å². The summed E-state index contributed by atoms with van der Waals surface area (Å²) in [5.41, 5.74) is 3.00. The van der Waals surface area contributed by atoms with Crippen molar-refractivity contribution in [2.45, 2.75) is 0 Å². The number of rotatable bonds is 2. The summed E-state index contributed by atoms with van der Waals surface area (Å²) in [5, 5.41) is 8.29. The first-order valence-corrected chi connectivity index (χ1v) is 7.82. The molecule has 0 aliphatic carbocycles. The molecule has 3 rings (SSSR count). The summed E-state index contributed by atoms with van der Waals surface area (Å²) in [6.07, 6.45) is 2.68. The van der Waals surface area contributed by atoms with Crippen molar-refractivity contribution in [3.63, 3.8) is 0 Å². The normalized spacial score (nSPS) is 9.44. The molecule has 1 N–H and O–H groups in total. The summed E-state index contributed by atoms with van der Waals surface area (Å²) >= 11 is 0. The third kappa shape index (κ3) is 7.49. The minimum Gasteiger partial charge on any atom is -0.478 e. The van der Waals surface area contributed by atoms with Crippen LogP contribution in [0.5, 0.6) is 0 Å². The highest BCUT2D eigenvalue weighted by molar-refractivity contribution is 5.85. The molecule has 0 saturated heterocycles. The Kier molecular flexibility index (Phi) is 7.29. The number of carbonyl (C=O) groups is 1. The van der Waals surface area contributed by atoms with Crippen LogP contribution in [0, 0.1) is 11.8 Å². The van der Waals surface area contributed by atoms with Crippen molar-refractivity contribution in [1.29, 1.82) is 0 Å². The Balaban J connectivity index is 0.000000186. The van der Waals surface area contributed by atoms with Crippen molar-refractivity contribution in [2.24, 2.45) is 0 Å². The third-order valence-corrected chi connectivity index (χ3v) is 3.12. The smallest absolute Gasteiger partial charge is 0.328 e. The van der Waals surface area contributed by atoms with Crippen molar-refractivity contribution >= 4 is 12.0 Å². The molecular formula is C23H18O2. The molecule has 0 spiro atoms. The van der Waals surface area contributed by atoms with Crippen molar-refractivity contribution in [2.75, 3.05) is 0 Å². The summed E-state index contributed by atoms with van der Waals surface area (Å²) in [5.74, 6) is 5.30. The third-order valence-electron chi connectivity index (χ3n) is 3.12. The topological polar surface area (TPSA) is 37.3 Å². The van der Waals surface area contributed by atoms with Gasteiger partial charge in [-0.15, -0.1) is 0 Å². The molecule has 0 aromatic heterocycles. The van der Waals surface area contributed by atoms with E-state index in [1.54, 1.807) is 6.08 Å². The van der Waals surface area contributed by atoms with Crippen LogP contribution in [0.25, 0.3) is 6.08 Å². The first-order valence-electron chi connectivity index (χ1n) is 7.82. The molecule has 3 aromatic carbocycles. The van der Waals surface area contributed by atoms with Gasteiger partial charge in [-0.2, -0.15) is 0 Å². The number of hydrogen-bond donors (Lipinski definition) is 1. The minimum absolute atomic E-state index is 0.898. The van der Waals surface area contributed by atoms with Gasteiger partial charge in [0.1, 0.15) is 0 Å². The van der Waals surface area contributed by atoms with Crippen LogP contribution < -0.4 is 0 Å². The van der Waals surface area contributed by atoms with Crippen LogP contribution >= 0.6 is 0 Å². The van der Waals surface area contributed by atoms with E-state index < -0.39 is 5.97 Å². The zero-order chi connectivity index (χ0) is 17.7. The van der Waals surface area contributed by atoms with E-state index >= 15 is 0 Å². The van der Waals surface area contributed by atoms with Crippen LogP contribution in [0.4, 0.5) is 0 Å². The second-order valence-electron chi connectivity index (χ2n) is 5.06. The Morgan fingerprint density at radius 3 is 1.48 bits per heavy atom. The van der Waals surface area contributed by atoms with Crippen molar-refractivity contribution < 1.29 is 9.90 Å². The molecule has 0 unspecified atom stereocenters. The molecule has 0 saturated carbocycles. The van der Waals surface area contributed by atoms with Gasteiger partial charge < -0.3 is 5.11 Å². The van der Waals surface area contributed by atoms with Crippen LogP contribution in [0.2, 0.25) is 0 Å². The fourth-order valence-electron chi connectivity index (χ4n) is 1.92. The number of carboxylic acid groups (broad SMARTS) is 1. The van der Waals surface area contributed by atoms with Crippen LogP contribution in [0.15, 0.2) is 97.1 Å². The molecule has 0 radical (unpaired) electrons. The molecule has 2 heteroatoms. The first-order chi connectivity index (χ1) is 12.2. The molecule has 0 amide bonds. The van der Waals surface area contributed by atoms with E-state index in [0.717, 1.165) is 22.8 Å². The lowest BCUT2D eigenvalue weighted by atomic mass is 10.2. The lowest BCUT2D eigenvalue weighted by Crippen LogP contribution is -1.85. The van der Waals surface area contributed by atoms with Crippen LogP contribution in [0.1, 0.15) is 16.7 Å². The van der Waals surface area contributed by atoms with Gasteiger partial charge in [0.05, 0.1) is 0 Å². The molecule has 0 fully saturated rings. The van der Waals surface area contributed by atoms with E-state index in [4.69, 9.17) is 5.11 Å². The Bertz CT molecular complexity index is 812. The molecular weight excluding hydrogens is 308 g/mol. The first kappa shape index (κ1) is 17.8. The Hall–Kier alpha value is -3.57. The molecule has 0 aliphatic rings. The second kappa shape index (κ2) is 10.3. The summed E-state index contributed by atoms with van der Waals surface area (Å²) in [6.45, 7) is 0. The van der Waals surface area contributed by atoms with Gasteiger partial charge in [-0.25, -0.2) is 4.79 Å². The standard InChI is InChI=1S/C14H10.C9H8O2/c1-3-7-13(8-4-1)11-12-14-9-5-2-6-10-14;10-9(11)7-6-8-4-2-1-3-5-8/h1-10H;1-7H,(H,10,11). The predicted octanol–water partition coefficient (Wildman–Crippen LogP) is 4.87. The maximum absolute atomic E-state index is 10.1. The van der Waals surface area contributed by atoms with Crippen LogP contribution in [-0.2, 0) is 4.79 Å². The number of aliphatic carboxylic acids is 1. The van der Waals surface area contributed by atoms with Gasteiger partial charge in [0.25, 0.3) is 0 Å². The van der Waals surface area contributed by atoms with E-state index in [2.05, 4.69) is 11.8 Å². The molecule has 0 atom stereocenters. The highest BCUT2D eigenvalue weighted by atomic mass is 16.4. The van der Waals surface area contributed by atoms with Gasteiger partial charge in [0.15, 0.2) is 0 Å². The van der Waals surface area contributed by atoms with Gasteiger partial charge >= 0.3 is 5.97 Å². The Labute approximate surface area is 148 Å². The van der Waals surface area contributed by atoms with E-state index in [1.165, 1.54) is 0 Å². The maximum atomic E-state index is 10.1. The summed E-state index contributed by atoms with van der Waals surface area (Å²) in [4.78, 5) is 10.1. The lowest BCUT2D eigenvalue weighted by molar-refractivity contribution is -0.131. The van der Waals surface area contributed by atoms with Crippen LogP contribution in [0.3, 0.4) is 0 Å². The van der Waals surface area contributed by atoms with Crippen molar-refractivity contribution in [1.82, 2.24) is 0 Å². The summed E-state index contributed by atoms with van der Waals surface area (Å²) in [6, 6.07) is 29.3. The maximum Gasteiger partial charge on any atom is 0.328 e. The van der Waals surface area contributed by atoms with E-state index in [-0.39, 0.29) is 0 Å². The average molecular weight is 326 g/mol. The fourth-order valence-corrected chi connectivity index (χ4v) is 1.92. The molecule has 25 heavy (non-hydrogen) atoms. The molecule has 122 valence electrons. The van der Waals surface area contributed by atoms with Crippen LogP contribution in [-0.4, -0.2) is 11.1 Å². The molecule has 0 aliphatic heterocycles. The van der Waals surface area contributed by atoms with E-state index in [1.807, 2.05) is 91.0 Å². The molecule has 3 aromatic rings. The highest BCUT2D eigenvalue weighted by Gasteiger charge is 1.86. The second-order valence-corrected chi connectivity index (χ2v) is 5.06. The number of carboxylic acids is 1. The van der Waals surface area contributed by atoms with Gasteiger partial charge in [-0.1, -0.05) is 78.6 Å². The Morgan fingerprint density at radius 2 is 1.08 bits per heavy atom. The summed E-state index contributed by atoms with van der Waals surface area (Å²) < 4.78 is 0. The summed E-state index contributed by atoms with van der Waals surface area (Å²) in [7, 11) is 0. The van der Waals surface area contributed by atoms with E-state index in [0.29, 0.717) is 0 Å². The van der Waals surface area contributed by atoms with Crippen molar-refractivity contribution in [3.05, 3.63) is 114 Å².